The predicted molar refractivity (Wildman–Crippen MR) is 77.4 cm³/mol. The molecule has 1 N–H and O–H groups in total. The predicted octanol–water partition coefficient (Wildman–Crippen LogP) is 3.06. The normalized spacial score (nSPS) is 24.6. The van der Waals surface area contributed by atoms with Gasteiger partial charge >= 0.3 is 5.97 Å². The van der Waals surface area contributed by atoms with Gasteiger partial charge in [-0.1, -0.05) is 19.3 Å². The summed E-state index contributed by atoms with van der Waals surface area (Å²) in [5, 5.41) is 8.76. The van der Waals surface area contributed by atoms with E-state index in [1.54, 1.807) is 0 Å². The first-order chi connectivity index (χ1) is 9.65. The van der Waals surface area contributed by atoms with Crippen LogP contribution in [0.3, 0.4) is 0 Å². The number of carboxylic acids is 1. The fourth-order valence-corrected chi connectivity index (χ4v) is 3.62. The number of piperidine rings is 1. The molecular weight excluding hydrogens is 254 g/mol. The topological polar surface area (TPSA) is 57.6 Å². The first-order valence-electron chi connectivity index (χ1n) is 8.14. The highest BCUT2D eigenvalue weighted by atomic mass is 16.4. The van der Waals surface area contributed by atoms with E-state index in [1.165, 1.54) is 32.1 Å². The van der Waals surface area contributed by atoms with Crippen LogP contribution in [0.4, 0.5) is 0 Å². The number of carbonyl (C=O) groups is 2. The van der Waals surface area contributed by atoms with Crippen molar-refractivity contribution in [2.75, 3.05) is 13.1 Å². The molecule has 20 heavy (non-hydrogen) atoms. The molecule has 4 nitrogen and oxygen atoms in total. The minimum absolute atomic E-state index is 0.231. The molecule has 1 aliphatic heterocycles. The summed E-state index contributed by atoms with van der Waals surface area (Å²) < 4.78 is 0. The average molecular weight is 281 g/mol. The van der Waals surface area contributed by atoms with E-state index in [9.17, 15) is 9.59 Å². The molecule has 1 saturated heterocycles. The molecule has 0 aromatic rings. The van der Waals surface area contributed by atoms with Gasteiger partial charge < -0.3 is 10.0 Å². The smallest absolute Gasteiger partial charge is 0.303 e. The molecule has 1 amide bonds. The van der Waals surface area contributed by atoms with Crippen molar-refractivity contribution in [3.8, 4) is 0 Å². The molecule has 114 valence electrons. The highest BCUT2D eigenvalue weighted by Crippen LogP contribution is 2.28. The number of rotatable bonds is 5. The maximum atomic E-state index is 12.4. The van der Waals surface area contributed by atoms with Crippen molar-refractivity contribution >= 4 is 11.9 Å². The molecule has 1 heterocycles. The number of hydrogen-bond acceptors (Lipinski definition) is 2. The Balaban J connectivity index is 1.75. The number of likely N-dealkylation sites (tertiary alicyclic amines) is 1. The second-order valence-corrected chi connectivity index (χ2v) is 6.49. The number of carboxylic acid groups (broad SMARTS) is 1. The highest BCUT2D eigenvalue weighted by Gasteiger charge is 2.26. The Hall–Kier alpha value is -1.06. The van der Waals surface area contributed by atoms with Crippen LogP contribution in [-0.4, -0.2) is 35.0 Å². The number of hydrogen-bond donors (Lipinski definition) is 1. The molecule has 1 atom stereocenters. The second-order valence-electron chi connectivity index (χ2n) is 6.49. The molecule has 4 heteroatoms. The monoisotopic (exact) mass is 281 g/mol. The zero-order valence-corrected chi connectivity index (χ0v) is 12.4. The lowest BCUT2D eigenvalue weighted by molar-refractivity contribution is -0.137. The van der Waals surface area contributed by atoms with Crippen LogP contribution in [0.15, 0.2) is 0 Å². The van der Waals surface area contributed by atoms with Crippen LogP contribution >= 0.6 is 0 Å². The first kappa shape index (κ1) is 15.3. The fraction of sp³-hybridized carbons (Fsp3) is 0.875. The van der Waals surface area contributed by atoms with E-state index < -0.39 is 5.97 Å². The van der Waals surface area contributed by atoms with Gasteiger partial charge in [0, 0.05) is 25.9 Å². The molecule has 0 bridgehead atoms. The number of amides is 1. The molecule has 0 radical (unpaired) electrons. The van der Waals surface area contributed by atoms with E-state index in [0.29, 0.717) is 30.6 Å². The Morgan fingerprint density at radius 3 is 2.40 bits per heavy atom. The number of carbonyl (C=O) groups excluding carboxylic acids is 1. The molecule has 0 aromatic heterocycles. The van der Waals surface area contributed by atoms with E-state index in [-0.39, 0.29) is 6.42 Å². The molecule has 2 rings (SSSR count). The van der Waals surface area contributed by atoms with Gasteiger partial charge in [0.1, 0.15) is 0 Å². The van der Waals surface area contributed by atoms with Crippen molar-refractivity contribution < 1.29 is 14.7 Å². The third kappa shape index (κ3) is 4.80. The summed E-state index contributed by atoms with van der Waals surface area (Å²) in [5.74, 6) is 0.554. The Bertz CT molecular complexity index is 337. The Kier molecular flexibility index (Phi) is 5.86. The van der Waals surface area contributed by atoms with Gasteiger partial charge in [0.05, 0.1) is 0 Å². The zero-order chi connectivity index (χ0) is 14.4. The standard InChI is InChI=1S/C16H27NO3/c18-15(11-13-5-2-1-3-6-13)17-10-4-7-14(12-17)8-9-16(19)20/h13-14H,1-12H2,(H,19,20). The fourth-order valence-electron chi connectivity index (χ4n) is 3.62. The first-order valence-corrected chi connectivity index (χ1v) is 8.14. The maximum absolute atomic E-state index is 12.4. The summed E-state index contributed by atoms with van der Waals surface area (Å²) in [6.45, 7) is 1.65. The van der Waals surface area contributed by atoms with Gasteiger partial charge in [0.15, 0.2) is 0 Å². The molecule has 1 aliphatic carbocycles. The SMILES string of the molecule is O=C(O)CCC1CCCN(C(=O)CC2CCCCC2)C1. The summed E-state index contributed by atoms with van der Waals surface area (Å²) in [5.41, 5.74) is 0. The Morgan fingerprint density at radius 2 is 1.70 bits per heavy atom. The van der Waals surface area contributed by atoms with Gasteiger partial charge in [-0.25, -0.2) is 0 Å². The summed E-state index contributed by atoms with van der Waals surface area (Å²) >= 11 is 0. The minimum atomic E-state index is -0.726. The lowest BCUT2D eigenvalue weighted by atomic mass is 9.86. The van der Waals surface area contributed by atoms with Crippen LogP contribution in [0.2, 0.25) is 0 Å². The summed E-state index contributed by atoms with van der Waals surface area (Å²) in [6.07, 6.45) is 10.1. The zero-order valence-electron chi connectivity index (χ0n) is 12.4. The Morgan fingerprint density at radius 1 is 1.00 bits per heavy atom. The minimum Gasteiger partial charge on any atom is -0.481 e. The van der Waals surface area contributed by atoms with Crippen LogP contribution in [0.5, 0.6) is 0 Å². The molecule has 1 unspecified atom stereocenters. The van der Waals surface area contributed by atoms with Crippen LogP contribution in [-0.2, 0) is 9.59 Å². The molecule has 1 saturated carbocycles. The van der Waals surface area contributed by atoms with E-state index in [2.05, 4.69) is 0 Å². The van der Waals surface area contributed by atoms with Crippen LogP contribution < -0.4 is 0 Å². The lowest BCUT2D eigenvalue weighted by Crippen LogP contribution is -2.40. The lowest BCUT2D eigenvalue weighted by Gasteiger charge is -2.34. The van der Waals surface area contributed by atoms with Gasteiger partial charge in [-0.2, -0.15) is 0 Å². The van der Waals surface area contributed by atoms with E-state index in [1.807, 2.05) is 4.90 Å². The van der Waals surface area contributed by atoms with Gasteiger partial charge in [-0.15, -0.1) is 0 Å². The van der Waals surface area contributed by atoms with E-state index >= 15 is 0 Å². The van der Waals surface area contributed by atoms with E-state index in [0.717, 1.165) is 25.9 Å². The molecule has 2 fully saturated rings. The van der Waals surface area contributed by atoms with Crippen molar-refractivity contribution in [2.24, 2.45) is 11.8 Å². The molecule has 0 aromatic carbocycles. The van der Waals surface area contributed by atoms with Gasteiger partial charge in [-0.3, -0.25) is 9.59 Å². The Labute approximate surface area is 121 Å². The maximum Gasteiger partial charge on any atom is 0.303 e. The third-order valence-electron chi connectivity index (χ3n) is 4.83. The van der Waals surface area contributed by atoms with Crippen molar-refractivity contribution in [3.05, 3.63) is 0 Å². The summed E-state index contributed by atoms with van der Waals surface area (Å²) in [7, 11) is 0. The summed E-state index contributed by atoms with van der Waals surface area (Å²) in [4.78, 5) is 25.0. The second kappa shape index (κ2) is 7.65. The van der Waals surface area contributed by atoms with Crippen molar-refractivity contribution in [3.63, 3.8) is 0 Å². The molecule has 0 spiro atoms. The van der Waals surface area contributed by atoms with Gasteiger partial charge in [0.25, 0.3) is 0 Å². The number of nitrogens with zero attached hydrogens (tertiary/aromatic N) is 1. The van der Waals surface area contributed by atoms with Crippen LogP contribution in [0.1, 0.15) is 64.2 Å². The quantitative estimate of drug-likeness (QED) is 0.842. The van der Waals surface area contributed by atoms with Gasteiger partial charge in [0.2, 0.25) is 5.91 Å². The largest absolute Gasteiger partial charge is 0.481 e. The average Bonchev–Trinajstić information content (AvgIpc) is 2.46. The summed E-state index contributed by atoms with van der Waals surface area (Å²) in [6, 6.07) is 0. The number of aliphatic carboxylic acids is 1. The molecule has 2 aliphatic rings. The van der Waals surface area contributed by atoms with Crippen molar-refractivity contribution in [2.45, 2.75) is 64.2 Å². The highest BCUT2D eigenvalue weighted by molar-refractivity contribution is 5.76. The van der Waals surface area contributed by atoms with Crippen molar-refractivity contribution in [1.82, 2.24) is 4.90 Å². The van der Waals surface area contributed by atoms with Gasteiger partial charge in [-0.05, 0) is 43.9 Å². The van der Waals surface area contributed by atoms with Crippen molar-refractivity contribution in [1.29, 1.82) is 0 Å². The van der Waals surface area contributed by atoms with E-state index in [4.69, 9.17) is 5.11 Å². The van der Waals surface area contributed by atoms with Crippen LogP contribution in [0.25, 0.3) is 0 Å². The van der Waals surface area contributed by atoms with Crippen LogP contribution in [0, 0.1) is 11.8 Å². The molecular formula is C16H27NO3. The third-order valence-corrected chi connectivity index (χ3v) is 4.83.